The van der Waals surface area contributed by atoms with Crippen LogP contribution in [0.2, 0.25) is 10.0 Å². The SMILES string of the molecule is O=C(Cc1c(Cl)cccc1Cl)c1ccc(Br)s1. The average molecular weight is 350 g/mol. The van der Waals surface area contributed by atoms with E-state index in [2.05, 4.69) is 15.9 Å². The summed E-state index contributed by atoms with van der Waals surface area (Å²) >= 11 is 16.8. The lowest BCUT2D eigenvalue weighted by Gasteiger charge is -2.04. The number of ketones is 1. The van der Waals surface area contributed by atoms with E-state index in [4.69, 9.17) is 23.2 Å². The van der Waals surface area contributed by atoms with Gasteiger partial charge in [0.2, 0.25) is 0 Å². The van der Waals surface area contributed by atoms with Gasteiger partial charge in [0.05, 0.1) is 8.66 Å². The highest BCUT2D eigenvalue weighted by molar-refractivity contribution is 9.11. The van der Waals surface area contributed by atoms with Gasteiger partial charge in [-0.15, -0.1) is 11.3 Å². The quantitative estimate of drug-likeness (QED) is 0.692. The Labute approximate surface area is 121 Å². The van der Waals surface area contributed by atoms with E-state index in [1.165, 1.54) is 11.3 Å². The van der Waals surface area contributed by atoms with Crippen LogP contribution in [0.25, 0.3) is 0 Å². The number of halogens is 3. The van der Waals surface area contributed by atoms with Crippen molar-refractivity contribution in [3.05, 3.63) is 54.6 Å². The Morgan fingerprint density at radius 3 is 2.35 bits per heavy atom. The summed E-state index contributed by atoms with van der Waals surface area (Å²) in [4.78, 5) is 12.7. The van der Waals surface area contributed by atoms with Crippen LogP contribution in [0.15, 0.2) is 34.1 Å². The molecule has 0 saturated heterocycles. The number of rotatable bonds is 3. The maximum atomic E-state index is 12.0. The molecule has 0 spiro atoms. The van der Waals surface area contributed by atoms with Gasteiger partial charge in [-0.05, 0) is 45.8 Å². The molecule has 0 aliphatic heterocycles. The molecule has 5 heteroatoms. The molecule has 1 aromatic carbocycles. The maximum absolute atomic E-state index is 12.0. The highest BCUT2D eigenvalue weighted by Crippen LogP contribution is 2.28. The second-order valence-electron chi connectivity index (χ2n) is 3.40. The maximum Gasteiger partial charge on any atom is 0.177 e. The monoisotopic (exact) mass is 348 g/mol. The Bertz CT molecular complexity index is 545. The largest absolute Gasteiger partial charge is 0.293 e. The zero-order chi connectivity index (χ0) is 12.4. The first-order valence-corrected chi connectivity index (χ1v) is 7.16. The van der Waals surface area contributed by atoms with Gasteiger partial charge in [-0.2, -0.15) is 0 Å². The molecule has 0 aliphatic carbocycles. The van der Waals surface area contributed by atoms with Crippen LogP contribution in [-0.2, 0) is 6.42 Å². The van der Waals surface area contributed by atoms with Crippen LogP contribution in [0.4, 0.5) is 0 Å². The first-order valence-electron chi connectivity index (χ1n) is 4.79. The number of benzene rings is 1. The van der Waals surface area contributed by atoms with E-state index in [-0.39, 0.29) is 12.2 Å². The van der Waals surface area contributed by atoms with E-state index in [0.29, 0.717) is 20.5 Å². The van der Waals surface area contributed by atoms with E-state index in [1.54, 1.807) is 24.3 Å². The predicted octanol–water partition coefficient (Wildman–Crippen LogP) is 5.24. The van der Waals surface area contributed by atoms with Crippen molar-refractivity contribution in [2.24, 2.45) is 0 Å². The first-order chi connectivity index (χ1) is 8.08. The van der Waals surface area contributed by atoms with Gasteiger partial charge < -0.3 is 0 Å². The van der Waals surface area contributed by atoms with Crippen molar-refractivity contribution in [1.82, 2.24) is 0 Å². The fraction of sp³-hybridized carbons (Fsp3) is 0.0833. The van der Waals surface area contributed by atoms with Gasteiger partial charge in [-0.1, -0.05) is 29.3 Å². The van der Waals surface area contributed by atoms with Crippen molar-refractivity contribution in [3.8, 4) is 0 Å². The summed E-state index contributed by atoms with van der Waals surface area (Å²) in [5.74, 6) is 0.0238. The highest BCUT2D eigenvalue weighted by atomic mass is 79.9. The summed E-state index contributed by atoms with van der Waals surface area (Å²) in [6.45, 7) is 0. The van der Waals surface area contributed by atoms with Crippen LogP contribution in [0.3, 0.4) is 0 Å². The molecule has 0 saturated carbocycles. The summed E-state index contributed by atoms with van der Waals surface area (Å²) in [6, 6.07) is 8.88. The molecule has 0 fully saturated rings. The van der Waals surface area contributed by atoms with E-state index in [9.17, 15) is 4.79 Å². The first kappa shape index (κ1) is 13.1. The third-order valence-corrected chi connectivity index (χ3v) is 4.62. The number of Topliss-reactive ketones (excluding diaryl/α,β-unsaturated/α-hetero) is 1. The van der Waals surface area contributed by atoms with Crippen LogP contribution in [0, 0.1) is 0 Å². The Morgan fingerprint density at radius 1 is 1.18 bits per heavy atom. The number of carbonyl (C=O) groups excluding carboxylic acids is 1. The van der Waals surface area contributed by atoms with Crippen molar-refractivity contribution in [2.45, 2.75) is 6.42 Å². The normalized spacial score (nSPS) is 10.5. The summed E-state index contributed by atoms with van der Waals surface area (Å²) in [7, 11) is 0. The Hall–Kier alpha value is -0.350. The van der Waals surface area contributed by atoms with Crippen molar-refractivity contribution in [1.29, 1.82) is 0 Å². The fourth-order valence-corrected chi connectivity index (χ4v) is 3.27. The lowest BCUT2D eigenvalue weighted by molar-refractivity contribution is 0.0997. The lowest BCUT2D eigenvalue weighted by Crippen LogP contribution is -2.02. The molecule has 17 heavy (non-hydrogen) atoms. The fourth-order valence-electron chi connectivity index (χ4n) is 1.41. The van der Waals surface area contributed by atoms with Gasteiger partial charge in [0.1, 0.15) is 0 Å². The van der Waals surface area contributed by atoms with Crippen molar-refractivity contribution in [2.75, 3.05) is 0 Å². The summed E-state index contributed by atoms with van der Waals surface area (Å²) in [5.41, 5.74) is 0.686. The second-order valence-corrected chi connectivity index (χ2v) is 6.68. The standard InChI is InChI=1S/C12H7BrCl2OS/c13-12-5-4-11(17-12)10(16)6-7-8(14)2-1-3-9(7)15/h1-5H,6H2. The molecular weight excluding hydrogens is 343 g/mol. The molecule has 0 unspecified atom stereocenters. The molecule has 2 aromatic rings. The predicted molar refractivity (Wildman–Crippen MR) is 76.5 cm³/mol. The van der Waals surface area contributed by atoms with Gasteiger partial charge in [0.15, 0.2) is 5.78 Å². The number of carbonyl (C=O) groups is 1. The minimum Gasteiger partial charge on any atom is -0.293 e. The number of hydrogen-bond donors (Lipinski definition) is 0. The number of thiophene rings is 1. The van der Waals surface area contributed by atoms with Crippen LogP contribution in [0.1, 0.15) is 15.2 Å². The van der Waals surface area contributed by atoms with Crippen LogP contribution >= 0.6 is 50.5 Å². The van der Waals surface area contributed by atoms with Crippen molar-refractivity contribution >= 4 is 56.3 Å². The Balaban J connectivity index is 2.24. The molecule has 0 bridgehead atoms. The van der Waals surface area contributed by atoms with E-state index < -0.39 is 0 Å². The third-order valence-electron chi connectivity index (χ3n) is 2.25. The topological polar surface area (TPSA) is 17.1 Å². The Kier molecular flexibility index (Phi) is 4.26. The van der Waals surface area contributed by atoms with Crippen molar-refractivity contribution < 1.29 is 4.79 Å². The van der Waals surface area contributed by atoms with E-state index in [0.717, 1.165) is 3.79 Å². The smallest absolute Gasteiger partial charge is 0.177 e. The molecule has 0 radical (unpaired) electrons. The molecule has 1 aromatic heterocycles. The third kappa shape index (κ3) is 3.10. The number of hydrogen-bond acceptors (Lipinski definition) is 2. The summed E-state index contributed by atoms with van der Waals surface area (Å²) in [5, 5.41) is 1.06. The molecular formula is C12H7BrCl2OS. The lowest BCUT2D eigenvalue weighted by atomic mass is 10.1. The summed E-state index contributed by atoms with van der Waals surface area (Å²) in [6.07, 6.45) is 0.228. The Morgan fingerprint density at radius 2 is 1.82 bits per heavy atom. The average Bonchev–Trinajstić information content (AvgIpc) is 2.70. The van der Waals surface area contributed by atoms with Gasteiger partial charge >= 0.3 is 0 Å². The van der Waals surface area contributed by atoms with Gasteiger partial charge in [-0.3, -0.25) is 4.79 Å². The molecule has 0 atom stereocenters. The summed E-state index contributed by atoms with van der Waals surface area (Å²) < 4.78 is 0.936. The van der Waals surface area contributed by atoms with Gasteiger partial charge in [0, 0.05) is 16.5 Å². The van der Waals surface area contributed by atoms with Gasteiger partial charge in [0.25, 0.3) is 0 Å². The van der Waals surface area contributed by atoms with Crippen LogP contribution in [0.5, 0.6) is 0 Å². The zero-order valence-electron chi connectivity index (χ0n) is 8.54. The highest BCUT2D eigenvalue weighted by Gasteiger charge is 2.14. The van der Waals surface area contributed by atoms with E-state index in [1.807, 2.05) is 6.07 Å². The molecule has 0 N–H and O–H groups in total. The van der Waals surface area contributed by atoms with Crippen molar-refractivity contribution in [3.63, 3.8) is 0 Å². The zero-order valence-corrected chi connectivity index (χ0v) is 12.5. The minimum absolute atomic E-state index is 0.0238. The molecule has 88 valence electrons. The molecule has 2 rings (SSSR count). The minimum atomic E-state index is 0.0238. The second kappa shape index (κ2) is 5.53. The van der Waals surface area contributed by atoms with Gasteiger partial charge in [-0.25, -0.2) is 0 Å². The van der Waals surface area contributed by atoms with E-state index >= 15 is 0 Å². The molecule has 0 amide bonds. The molecule has 1 heterocycles. The molecule has 0 aliphatic rings. The van der Waals surface area contributed by atoms with Crippen LogP contribution in [-0.4, -0.2) is 5.78 Å². The van der Waals surface area contributed by atoms with Crippen LogP contribution < -0.4 is 0 Å². The molecule has 1 nitrogen and oxygen atoms in total.